The number of esters is 1. The Hall–Kier alpha value is -1.09. The van der Waals surface area contributed by atoms with Gasteiger partial charge in [0.25, 0.3) is 0 Å². The summed E-state index contributed by atoms with van der Waals surface area (Å²) in [6.07, 6.45) is 0. The molecule has 0 radical (unpaired) electrons. The van der Waals surface area contributed by atoms with Crippen molar-refractivity contribution in [2.45, 2.75) is 0 Å². The standard InChI is InChI=1S/C8H6ClFO2/c1-12-8(11)5-3-2-4-6(10)7(5)9/h2-4H,1H3. The molecule has 0 aliphatic carbocycles. The zero-order valence-electron chi connectivity index (χ0n) is 6.30. The van der Waals surface area contributed by atoms with Gasteiger partial charge in [-0.05, 0) is 12.1 Å². The average Bonchev–Trinajstić information content (AvgIpc) is 2.08. The SMILES string of the molecule is COC(=O)c1cccc(F)c1Cl. The number of hydrogen-bond donors (Lipinski definition) is 0. The average molecular weight is 189 g/mol. The summed E-state index contributed by atoms with van der Waals surface area (Å²) in [6.45, 7) is 0. The molecule has 0 aromatic heterocycles. The van der Waals surface area contributed by atoms with Gasteiger partial charge in [-0.2, -0.15) is 0 Å². The van der Waals surface area contributed by atoms with Gasteiger partial charge >= 0.3 is 5.97 Å². The van der Waals surface area contributed by atoms with Crippen molar-refractivity contribution in [3.8, 4) is 0 Å². The molecule has 0 spiro atoms. The molecule has 0 saturated carbocycles. The zero-order valence-corrected chi connectivity index (χ0v) is 7.06. The van der Waals surface area contributed by atoms with Crippen LogP contribution in [0.3, 0.4) is 0 Å². The van der Waals surface area contributed by atoms with Crippen LogP contribution in [-0.4, -0.2) is 13.1 Å². The Kier molecular flexibility index (Phi) is 2.65. The first kappa shape index (κ1) is 9.00. The van der Waals surface area contributed by atoms with E-state index in [9.17, 15) is 9.18 Å². The van der Waals surface area contributed by atoms with Crippen LogP contribution in [0.2, 0.25) is 5.02 Å². The van der Waals surface area contributed by atoms with Crippen molar-refractivity contribution in [2.24, 2.45) is 0 Å². The highest BCUT2D eigenvalue weighted by molar-refractivity contribution is 6.33. The lowest BCUT2D eigenvalue weighted by Gasteiger charge is -2.01. The van der Waals surface area contributed by atoms with Gasteiger partial charge in [-0.25, -0.2) is 9.18 Å². The molecule has 0 fully saturated rings. The molecule has 64 valence electrons. The first-order chi connectivity index (χ1) is 5.66. The third-order valence-electron chi connectivity index (χ3n) is 1.36. The number of ether oxygens (including phenoxy) is 1. The fourth-order valence-corrected chi connectivity index (χ4v) is 0.975. The number of rotatable bonds is 1. The largest absolute Gasteiger partial charge is 0.465 e. The highest BCUT2D eigenvalue weighted by atomic mass is 35.5. The van der Waals surface area contributed by atoms with Gasteiger partial charge in [-0.15, -0.1) is 0 Å². The lowest BCUT2D eigenvalue weighted by molar-refractivity contribution is 0.0600. The van der Waals surface area contributed by atoms with E-state index in [4.69, 9.17) is 11.6 Å². The monoisotopic (exact) mass is 188 g/mol. The first-order valence-electron chi connectivity index (χ1n) is 3.19. The Morgan fingerprint density at radius 1 is 1.58 bits per heavy atom. The Morgan fingerprint density at radius 3 is 2.83 bits per heavy atom. The van der Waals surface area contributed by atoms with Gasteiger partial charge in [0.15, 0.2) is 0 Å². The topological polar surface area (TPSA) is 26.3 Å². The van der Waals surface area contributed by atoms with Crippen LogP contribution in [0.4, 0.5) is 4.39 Å². The number of hydrogen-bond acceptors (Lipinski definition) is 2. The van der Waals surface area contributed by atoms with Crippen molar-refractivity contribution in [3.63, 3.8) is 0 Å². The van der Waals surface area contributed by atoms with Crippen LogP contribution < -0.4 is 0 Å². The van der Waals surface area contributed by atoms with Crippen LogP contribution in [-0.2, 0) is 4.74 Å². The van der Waals surface area contributed by atoms with E-state index in [1.807, 2.05) is 0 Å². The van der Waals surface area contributed by atoms with Crippen molar-refractivity contribution in [3.05, 3.63) is 34.6 Å². The molecule has 0 aliphatic rings. The summed E-state index contributed by atoms with van der Waals surface area (Å²) in [4.78, 5) is 10.9. The molecule has 2 nitrogen and oxygen atoms in total. The van der Waals surface area contributed by atoms with E-state index in [-0.39, 0.29) is 10.6 Å². The fraction of sp³-hybridized carbons (Fsp3) is 0.125. The molecule has 0 saturated heterocycles. The van der Waals surface area contributed by atoms with Gasteiger partial charge in [-0.3, -0.25) is 0 Å². The summed E-state index contributed by atoms with van der Waals surface area (Å²) < 4.78 is 17.1. The molecule has 1 aromatic carbocycles. The van der Waals surface area contributed by atoms with Crippen LogP contribution >= 0.6 is 11.6 Å². The Balaban J connectivity index is 3.16. The summed E-state index contributed by atoms with van der Waals surface area (Å²) in [7, 11) is 1.21. The molecule has 0 unspecified atom stereocenters. The molecule has 0 atom stereocenters. The molecule has 12 heavy (non-hydrogen) atoms. The molecule has 1 rings (SSSR count). The van der Waals surface area contributed by atoms with Crippen molar-refractivity contribution >= 4 is 17.6 Å². The molecular formula is C8H6ClFO2. The smallest absolute Gasteiger partial charge is 0.339 e. The summed E-state index contributed by atoms with van der Waals surface area (Å²) in [5.74, 6) is -1.26. The van der Waals surface area contributed by atoms with Crippen LogP contribution in [0.5, 0.6) is 0 Å². The Labute approximate surface area is 73.9 Å². The van der Waals surface area contributed by atoms with Crippen LogP contribution in [0.15, 0.2) is 18.2 Å². The van der Waals surface area contributed by atoms with Gasteiger partial charge in [0.2, 0.25) is 0 Å². The Morgan fingerprint density at radius 2 is 2.25 bits per heavy atom. The van der Waals surface area contributed by atoms with E-state index < -0.39 is 11.8 Å². The third-order valence-corrected chi connectivity index (χ3v) is 1.74. The van der Waals surface area contributed by atoms with Crippen molar-refractivity contribution in [2.75, 3.05) is 7.11 Å². The van der Waals surface area contributed by atoms with E-state index in [1.54, 1.807) is 0 Å². The second kappa shape index (κ2) is 3.54. The van der Waals surface area contributed by atoms with Crippen LogP contribution in [0.1, 0.15) is 10.4 Å². The van der Waals surface area contributed by atoms with Gasteiger partial charge in [-0.1, -0.05) is 17.7 Å². The van der Waals surface area contributed by atoms with E-state index >= 15 is 0 Å². The van der Waals surface area contributed by atoms with Crippen molar-refractivity contribution in [1.29, 1.82) is 0 Å². The molecule has 0 aliphatic heterocycles. The van der Waals surface area contributed by atoms with Gasteiger partial charge in [0.05, 0.1) is 17.7 Å². The van der Waals surface area contributed by atoms with E-state index in [2.05, 4.69) is 4.74 Å². The quantitative estimate of drug-likeness (QED) is 0.632. The maximum Gasteiger partial charge on any atom is 0.339 e. The Bertz CT molecular complexity index is 312. The highest BCUT2D eigenvalue weighted by Crippen LogP contribution is 2.19. The lowest BCUT2D eigenvalue weighted by Crippen LogP contribution is -2.02. The predicted molar refractivity (Wildman–Crippen MR) is 42.7 cm³/mol. The summed E-state index contributed by atoms with van der Waals surface area (Å²) in [5, 5.41) is -0.204. The molecular weight excluding hydrogens is 183 g/mol. The lowest BCUT2D eigenvalue weighted by atomic mass is 10.2. The molecule has 4 heteroatoms. The van der Waals surface area contributed by atoms with E-state index in [1.165, 1.54) is 25.3 Å². The van der Waals surface area contributed by atoms with Gasteiger partial charge in [0, 0.05) is 0 Å². The zero-order chi connectivity index (χ0) is 9.14. The van der Waals surface area contributed by atoms with E-state index in [0.717, 1.165) is 0 Å². The van der Waals surface area contributed by atoms with Gasteiger partial charge in [0.1, 0.15) is 5.82 Å². The minimum absolute atomic E-state index is 0.0409. The molecule has 0 bridgehead atoms. The molecule has 0 heterocycles. The second-order valence-electron chi connectivity index (χ2n) is 2.09. The predicted octanol–water partition coefficient (Wildman–Crippen LogP) is 2.27. The molecule has 0 N–H and O–H groups in total. The van der Waals surface area contributed by atoms with E-state index in [0.29, 0.717) is 0 Å². The first-order valence-corrected chi connectivity index (χ1v) is 3.57. The van der Waals surface area contributed by atoms with Crippen LogP contribution in [0, 0.1) is 5.82 Å². The number of methoxy groups -OCH3 is 1. The minimum Gasteiger partial charge on any atom is -0.465 e. The van der Waals surface area contributed by atoms with Crippen molar-refractivity contribution < 1.29 is 13.9 Å². The highest BCUT2D eigenvalue weighted by Gasteiger charge is 2.12. The summed E-state index contributed by atoms with van der Waals surface area (Å²) in [5.41, 5.74) is 0.0409. The number of carbonyl (C=O) groups excluding carboxylic acids is 1. The number of halogens is 2. The number of benzene rings is 1. The second-order valence-corrected chi connectivity index (χ2v) is 2.47. The summed E-state index contributed by atoms with van der Waals surface area (Å²) >= 11 is 5.49. The normalized spacial score (nSPS) is 9.58. The maximum atomic E-state index is 12.7. The van der Waals surface area contributed by atoms with Crippen molar-refractivity contribution in [1.82, 2.24) is 0 Å². The van der Waals surface area contributed by atoms with Gasteiger partial charge < -0.3 is 4.74 Å². The molecule has 0 amide bonds. The fourth-order valence-electron chi connectivity index (χ4n) is 0.771. The summed E-state index contributed by atoms with van der Waals surface area (Å²) in [6, 6.07) is 3.97. The minimum atomic E-state index is -0.639. The van der Waals surface area contributed by atoms with Crippen LogP contribution in [0.25, 0.3) is 0 Å². The molecule has 1 aromatic rings. The number of carbonyl (C=O) groups is 1. The third kappa shape index (κ3) is 1.56. The maximum absolute atomic E-state index is 12.7.